The third kappa shape index (κ3) is 1.61. The van der Waals surface area contributed by atoms with Crippen molar-refractivity contribution in [2.24, 2.45) is 0 Å². The average molecular weight is 196 g/mol. The van der Waals surface area contributed by atoms with Crippen LogP contribution in [0.4, 0.5) is 0 Å². The van der Waals surface area contributed by atoms with Gasteiger partial charge in [0.25, 0.3) is 0 Å². The van der Waals surface area contributed by atoms with Crippen LogP contribution in [0.5, 0.6) is 17.2 Å². The summed E-state index contributed by atoms with van der Waals surface area (Å²) in [6.45, 7) is 0. The lowest BCUT2D eigenvalue weighted by Crippen LogP contribution is -2.10. The lowest BCUT2D eigenvalue weighted by Gasteiger charge is -2.11. The molecule has 0 unspecified atom stereocenters. The van der Waals surface area contributed by atoms with Crippen molar-refractivity contribution in [1.82, 2.24) is 0 Å². The molecule has 0 amide bonds. The van der Waals surface area contributed by atoms with Crippen molar-refractivity contribution < 1.29 is 20.4 Å². The molecule has 4 N–H and O–H groups in total. The van der Waals surface area contributed by atoms with Crippen LogP contribution in [-0.4, -0.2) is 26.0 Å². The number of rotatable bonds is 2. The zero-order chi connectivity index (χ0) is 10.3. The second-order valence-electron chi connectivity index (χ2n) is 3.86. The zero-order valence-electron chi connectivity index (χ0n) is 7.56. The molecule has 1 fully saturated rings. The van der Waals surface area contributed by atoms with Crippen molar-refractivity contribution in [3.8, 4) is 17.2 Å². The smallest absolute Gasteiger partial charge is 0.126 e. The first-order valence-corrected chi connectivity index (χ1v) is 4.46. The van der Waals surface area contributed by atoms with Gasteiger partial charge in [0.1, 0.15) is 17.2 Å². The minimum absolute atomic E-state index is 0.178. The van der Waals surface area contributed by atoms with E-state index in [0.717, 1.165) is 12.1 Å². The Balaban J connectivity index is 2.32. The molecule has 0 bridgehead atoms. The van der Waals surface area contributed by atoms with Gasteiger partial charge in [0.15, 0.2) is 0 Å². The molecule has 0 aliphatic heterocycles. The zero-order valence-corrected chi connectivity index (χ0v) is 7.56. The number of hydrogen-bond acceptors (Lipinski definition) is 4. The van der Waals surface area contributed by atoms with E-state index in [2.05, 4.69) is 0 Å². The summed E-state index contributed by atoms with van der Waals surface area (Å²) in [5.74, 6) is -0.544. The molecule has 0 saturated heterocycles. The summed E-state index contributed by atoms with van der Waals surface area (Å²) in [5, 5.41) is 37.5. The molecule has 1 aliphatic carbocycles. The van der Waals surface area contributed by atoms with Gasteiger partial charge in [-0.25, -0.2) is 0 Å². The van der Waals surface area contributed by atoms with Gasteiger partial charge in [-0.1, -0.05) is 0 Å². The number of phenolic OH excluding ortho intramolecular Hbond substituents is 3. The van der Waals surface area contributed by atoms with Gasteiger partial charge in [-0.3, -0.25) is 0 Å². The Labute approximate surface area is 81.1 Å². The van der Waals surface area contributed by atoms with E-state index >= 15 is 0 Å². The topological polar surface area (TPSA) is 80.9 Å². The highest BCUT2D eigenvalue weighted by atomic mass is 16.3. The average Bonchev–Trinajstić information content (AvgIpc) is 2.77. The van der Waals surface area contributed by atoms with E-state index in [1.165, 1.54) is 0 Å². The van der Waals surface area contributed by atoms with Crippen molar-refractivity contribution in [1.29, 1.82) is 0 Å². The second-order valence-corrected chi connectivity index (χ2v) is 3.86. The Morgan fingerprint density at radius 2 is 1.57 bits per heavy atom. The van der Waals surface area contributed by atoms with E-state index in [0.29, 0.717) is 18.4 Å². The van der Waals surface area contributed by atoms with Crippen LogP contribution in [0.15, 0.2) is 12.1 Å². The molecule has 1 saturated carbocycles. The molecule has 14 heavy (non-hydrogen) atoms. The largest absolute Gasteiger partial charge is 0.508 e. The van der Waals surface area contributed by atoms with E-state index in [1.54, 1.807) is 0 Å². The van der Waals surface area contributed by atoms with Crippen LogP contribution in [0.3, 0.4) is 0 Å². The van der Waals surface area contributed by atoms with Gasteiger partial charge in [-0.2, -0.15) is 0 Å². The molecule has 0 spiro atoms. The normalized spacial score (nSPS) is 18.1. The summed E-state index contributed by atoms with van der Waals surface area (Å²) >= 11 is 0. The van der Waals surface area contributed by atoms with E-state index < -0.39 is 5.60 Å². The predicted molar refractivity (Wildman–Crippen MR) is 49.3 cm³/mol. The maximum Gasteiger partial charge on any atom is 0.126 e. The number of hydrogen-bond donors (Lipinski definition) is 4. The molecular formula is C10H12O4. The standard InChI is InChI=1S/C10H12O4/c11-6-3-8(12)7(9(13)4-6)5-10(14)1-2-10/h3-4,11-14H,1-2,5H2. The van der Waals surface area contributed by atoms with Crippen molar-refractivity contribution in [2.45, 2.75) is 24.9 Å². The van der Waals surface area contributed by atoms with E-state index in [9.17, 15) is 15.3 Å². The molecule has 0 radical (unpaired) electrons. The second kappa shape index (κ2) is 2.78. The molecule has 4 nitrogen and oxygen atoms in total. The SMILES string of the molecule is Oc1cc(O)c(CC2(O)CC2)c(O)c1. The molecule has 0 atom stereocenters. The van der Waals surface area contributed by atoms with Crippen LogP contribution in [0.2, 0.25) is 0 Å². The lowest BCUT2D eigenvalue weighted by atomic mass is 10.0. The van der Waals surface area contributed by atoms with E-state index in [4.69, 9.17) is 5.11 Å². The minimum Gasteiger partial charge on any atom is -0.508 e. The van der Waals surface area contributed by atoms with Gasteiger partial charge in [0.05, 0.1) is 5.60 Å². The van der Waals surface area contributed by atoms with Gasteiger partial charge < -0.3 is 20.4 Å². The van der Waals surface area contributed by atoms with Crippen molar-refractivity contribution in [2.75, 3.05) is 0 Å². The molecule has 1 aliphatic rings. The summed E-state index contributed by atoms with van der Waals surface area (Å²) in [7, 11) is 0. The third-order valence-electron chi connectivity index (χ3n) is 2.52. The Morgan fingerprint density at radius 3 is 2.00 bits per heavy atom. The van der Waals surface area contributed by atoms with Crippen molar-refractivity contribution in [3.63, 3.8) is 0 Å². The Bertz CT molecular complexity index is 345. The molecule has 0 aromatic heterocycles. The first kappa shape index (κ1) is 9.15. The molecule has 1 aromatic carbocycles. The van der Waals surface area contributed by atoms with Crippen LogP contribution >= 0.6 is 0 Å². The fourth-order valence-corrected chi connectivity index (χ4v) is 1.46. The summed E-state index contributed by atoms with van der Waals surface area (Å²) in [5.41, 5.74) is -0.478. The number of phenols is 3. The van der Waals surface area contributed by atoms with Crippen LogP contribution < -0.4 is 0 Å². The molecule has 1 aromatic rings. The first-order valence-electron chi connectivity index (χ1n) is 4.46. The maximum absolute atomic E-state index is 9.62. The van der Waals surface area contributed by atoms with Gasteiger partial charge in [-0.05, 0) is 12.8 Å². The summed E-state index contributed by atoms with van der Waals surface area (Å²) in [6, 6.07) is 2.31. The van der Waals surface area contributed by atoms with E-state index in [1.807, 2.05) is 0 Å². The van der Waals surface area contributed by atoms with Gasteiger partial charge in [-0.15, -0.1) is 0 Å². The van der Waals surface area contributed by atoms with Crippen molar-refractivity contribution in [3.05, 3.63) is 17.7 Å². The summed E-state index contributed by atoms with van der Waals surface area (Å²) < 4.78 is 0. The van der Waals surface area contributed by atoms with Gasteiger partial charge in [0, 0.05) is 24.1 Å². The molecule has 4 heteroatoms. The first-order chi connectivity index (χ1) is 6.50. The Kier molecular flexibility index (Phi) is 1.82. The quantitative estimate of drug-likeness (QED) is 0.565. The molecular weight excluding hydrogens is 184 g/mol. The van der Waals surface area contributed by atoms with Crippen LogP contribution in [-0.2, 0) is 6.42 Å². The lowest BCUT2D eigenvalue weighted by molar-refractivity contribution is 0.149. The summed E-state index contributed by atoms with van der Waals surface area (Å²) in [4.78, 5) is 0. The Morgan fingerprint density at radius 1 is 1.07 bits per heavy atom. The molecule has 76 valence electrons. The highest BCUT2D eigenvalue weighted by Crippen LogP contribution is 2.43. The van der Waals surface area contributed by atoms with Crippen molar-refractivity contribution >= 4 is 0 Å². The van der Waals surface area contributed by atoms with E-state index in [-0.39, 0.29) is 23.7 Å². The highest BCUT2D eigenvalue weighted by Gasteiger charge is 2.41. The van der Waals surface area contributed by atoms with Crippen LogP contribution in [0.1, 0.15) is 18.4 Å². The number of benzene rings is 1. The predicted octanol–water partition coefficient (Wildman–Crippen LogP) is 0.871. The highest BCUT2D eigenvalue weighted by molar-refractivity contribution is 5.49. The van der Waals surface area contributed by atoms with Gasteiger partial charge >= 0.3 is 0 Å². The minimum atomic E-state index is -0.772. The maximum atomic E-state index is 9.62. The van der Waals surface area contributed by atoms with Crippen LogP contribution in [0, 0.1) is 0 Å². The summed E-state index contributed by atoms with van der Waals surface area (Å²) in [6.07, 6.45) is 1.60. The fraction of sp³-hybridized carbons (Fsp3) is 0.400. The molecule has 2 rings (SSSR count). The number of aliphatic hydroxyl groups is 1. The third-order valence-corrected chi connectivity index (χ3v) is 2.52. The molecule has 0 heterocycles. The fourth-order valence-electron chi connectivity index (χ4n) is 1.46. The monoisotopic (exact) mass is 196 g/mol. The van der Waals surface area contributed by atoms with Crippen LogP contribution in [0.25, 0.3) is 0 Å². The van der Waals surface area contributed by atoms with Gasteiger partial charge in [0.2, 0.25) is 0 Å². The Hall–Kier alpha value is -1.42. The number of aromatic hydroxyl groups is 3.